The van der Waals surface area contributed by atoms with Crippen LogP contribution in [0.2, 0.25) is 0 Å². The van der Waals surface area contributed by atoms with Gasteiger partial charge in [-0.1, -0.05) is 12.1 Å². The van der Waals surface area contributed by atoms with E-state index in [0.29, 0.717) is 6.42 Å². The third-order valence-electron chi connectivity index (χ3n) is 3.88. The van der Waals surface area contributed by atoms with E-state index in [1.165, 1.54) is 6.07 Å². The normalized spacial score (nSPS) is 29.4. The second-order valence-electron chi connectivity index (χ2n) is 5.17. The summed E-state index contributed by atoms with van der Waals surface area (Å²) < 4.78 is 36.4. The fourth-order valence-electron chi connectivity index (χ4n) is 2.99. The monoisotopic (exact) mass is 269 g/mol. The van der Waals surface area contributed by atoms with Crippen molar-refractivity contribution in [3.63, 3.8) is 0 Å². The Morgan fingerprint density at radius 2 is 2.11 bits per heavy atom. The summed E-state index contributed by atoms with van der Waals surface area (Å²) in [7, 11) is -2.86. The number of sulfone groups is 1. The zero-order valence-corrected chi connectivity index (χ0v) is 10.8. The van der Waals surface area contributed by atoms with Gasteiger partial charge in [-0.2, -0.15) is 0 Å². The first-order chi connectivity index (χ1) is 8.55. The second kappa shape index (κ2) is 4.31. The van der Waals surface area contributed by atoms with Crippen LogP contribution in [0.1, 0.15) is 30.0 Å². The predicted molar refractivity (Wildman–Crippen MR) is 67.7 cm³/mol. The van der Waals surface area contributed by atoms with Crippen LogP contribution in [0, 0.1) is 5.82 Å². The van der Waals surface area contributed by atoms with Gasteiger partial charge in [-0.05, 0) is 36.5 Å². The molecule has 3 nitrogen and oxygen atoms in total. The number of halogens is 1. The van der Waals surface area contributed by atoms with Gasteiger partial charge in [0.1, 0.15) is 5.82 Å². The van der Waals surface area contributed by atoms with Crippen LogP contribution in [0.4, 0.5) is 4.39 Å². The molecule has 1 aromatic carbocycles. The molecule has 0 saturated carbocycles. The van der Waals surface area contributed by atoms with E-state index < -0.39 is 9.84 Å². The van der Waals surface area contributed by atoms with Crippen LogP contribution in [0.25, 0.3) is 0 Å². The van der Waals surface area contributed by atoms with Gasteiger partial charge in [0.25, 0.3) is 0 Å². The van der Waals surface area contributed by atoms with Gasteiger partial charge in [0.2, 0.25) is 0 Å². The molecule has 1 N–H and O–H groups in total. The Morgan fingerprint density at radius 1 is 1.28 bits per heavy atom. The lowest BCUT2D eigenvalue weighted by atomic mass is 10.1. The van der Waals surface area contributed by atoms with E-state index in [9.17, 15) is 12.8 Å². The summed E-state index contributed by atoms with van der Waals surface area (Å²) in [5.41, 5.74) is 1.79. The molecule has 1 aliphatic carbocycles. The third kappa shape index (κ3) is 2.17. The average Bonchev–Trinajstić information content (AvgIpc) is 2.85. The first-order valence-electron chi connectivity index (χ1n) is 6.29. The maximum Gasteiger partial charge on any atom is 0.151 e. The van der Waals surface area contributed by atoms with Crippen molar-refractivity contribution in [1.29, 1.82) is 0 Å². The molecule has 1 aromatic rings. The van der Waals surface area contributed by atoms with Crippen molar-refractivity contribution in [3.8, 4) is 0 Å². The van der Waals surface area contributed by atoms with Crippen LogP contribution in [-0.2, 0) is 16.3 Å². The van der Waals surface area contributed by atoms with Gasteiger partial charge in [0, 0.05) is 12.1 Å². The number of rotatable bonds is 2. The molecule has 1 heterocycles. The van der Waals surface area contributed by atoms with Crippen LogP contribution in [0.15, 0.2) is 18.2 Å². The standard InChI is InChI=1S/C13H16FNO2S/c14-12-3-1-2-11-10(12)4-5-13(11)15-9-6-7-18(16,17)8-9/h1-3,9,13,15H,4-8H2. The van der Waals surface area contributed by atoms with Gasteiger partial charge in [0.15, 0.2) is 9.84 Å². The van der Waals surface area contributed by atoms with E-state index in [-0.39, 0.29) is 29.4 Å². The van der Waals surface area contributed by atoms with E-state index in [4.69, 9.17) is 0 Å². The molecule has 0 amide bonds. The van der Waals surface area contributed by atoms with E-state index in [1.807, 2.05) is 6.07 Å². The van der Waals surface area contributed by atoms with E-state index >= 15 is 0 Å². The number of fused-ring (bicyclic) bond motifs is 1. The zero-order chi connectivity index (χ0) is 12.8. The molecule has 18 heavy (non-hydrogen) atoms. The molecule has 0 aromatic heterocycles. The van der Waals surface area contributed by atoms with Crippen molar-refractivity contribution in [3.05, 3.63) is 35.1 Å². The highest BCUT2D eigenvalue weighted by molar-refractivity contribution is 7.91. The summed E-state index contributed by atoms with van der Waals surface area (Å²) in [6.07, 6.45) is 2.26. The summed E-state index contributed by atoms with van der Waals surface area (Å²) in [5.74, 6) is 0.345. The van der Waals surface area contributed by atoms with Crippen LogP contribution < -0.4 is 5.32 Å². The lowest BCUT2D eigenvalue weighted by Gasteiger charge is -2.18. The van der Waals surface area contributed by atoms with Crippen molar-refractivity contribution in [2.45, 2.75) is 31.3 Å². The quantitative estimate of drug-likeness (QED) is 0.887. The fraction of sp³-hybridized carbons (Fsp3) is 0.538. The maximum atomic E-state index is 13.6. The van der Waals surface area contributed by atoms with Gasteiger partial charge in [0.05, 0.1) is 11.5 Å². The maximum absolute atomic E-state index is 13.6. The Hall–Kier alpha value is -0.940. The molecule has 1 saturated heterocycles. The molecular formula is C13H16FNO2S. The summed E-state index contributed by atoms with van der Waals surface area (Å²) in [6.45, 7) is 0. The van der Waals surface area contributed by atoms with Gasteiger partial charge in [-0.15, -0.1) is 0 Å². The number of benzene rings is 1. The molecule has 98 valence electrons. The fourth-order valence-corrected chi connectivity index (χ4v) is 4.68. The Bertz CT molecular complexity index is 570. The zero-order valence-electron chi connectivity index (χ0n) is 10.0. The second-order valence-corrected chi connectivity index (χ2v) is 7.39. The highest BCUT2D eigenvalue weighted by Gasteiger charge is 2.32. The van der Waals surface area contributed by atoms with E-state index in [0.717, 1.165) is 24.0 Å². The minimum Gasteiger partial charge on any atom is -0.306 e. The van der Waals surface area contributed by atoms with Crippen LogP contribution >= 0.6 is 0 Å². The SMILES string of the molecule is O=S1(=O)CCC(NC2CCc3c(F)cccc32)C1. The van der Waals surface area contributed by atoms with Crippen molar-refractivity contribution >= 4 is 9.84 Å². The Labute approximate surface area is 106 Å². The van der Waals surface area contributed by atoms with Gasteiger partial charge in [-0.25, -0.2) is 12.8 Å². The highest BCUT2D eigenvalue weighted by Crippen LogP contribution is 2.33. The Kier molecular flexibility index (Phi) is 2.90. The van der Waals surface area contributed by atoms with Crippen molar-refractivity contribution in [2.75, 3.05) is 11.5 Å². The van der Waals surface area contributed by atoms with E-state index in [1.54, 1.807) is 6.07 Å². The summed E-state index contributed by atoms with van der Waals surface area (Å²) in [5, 5.41) is 3.37. The lowest BCUT2D eigenvalue weighted by Crippen LogP contribution is -2.32. The number of hydrogen-bond acceptors (Lipinski definition) is 3. The molecule has 1 fully saturated rings. The molecule has 2 unspecified atom stereocenters. The highest BCUT2D eigenvalue weighted by atomic mass is 32.2. The van der Waals surface area contributed by atoms with Gasteiger partial charge >= 0.3 is 0 Å². The third-order valence-corrected chi connectivity index (χ3v) is 5.65. The molecule has 1 aliphatic heterocycles. The first kappa shape index (κ1) is 12.1. The molecule has 0 radical (unpaired) electrons. The summed E-state index contributed by atoms with van der Waals surface area (Å²) in [6, 6.07) is 5.27. The number of nitrogens with one attached hydrogen (secondary N) is 1. The summed E-state index contributed by atoms with van der Waals surface area (Å²) >= 11 is 0. The average molecular weight is 269 g/mol. The van der Waals surface area contributed by atoms with Crippen LogP contribution in [0.3, 0.4) is 0 Å². The van der Waals surface area contributed by atoms with Crippen molar-refractivity contribution < 1.29 is 12.8 Å². The van der Waals surface area contributed by atoms with Gasteiger partial charge in [-0.3, -0.25) is 0 Å². The molecule has 0 bridgehead atoms. The largest absolute Gasteiger partial charge is 0.306 e. The minimum atomic E-state index is -2.86. The van der Waals surface area contributed by atoms with Crippen molar-refractivity contribution in [2.24, 2.45) is 0 Å². The first-order valence-corrected chi connectivity index (χ1v) is 8.11. The molecule has 3 rings (SSSR count). The lowest BCUT2D eigenvalue weighted by molar-refractivity contribution is 0.458. The summed E-state index contributed by atoms with van der Waals surface area (Å²) in [4.78, 5) is 0. The van der Waals surface area contributed by atoms with Crippen LogP contribution in [-0.4, -0.2) is 26.0 Å². The predicted octanol–water partition coefficient (Wildman–Crippen LogP) is 1.59. The topological polar surface area (TPSA) is 46.2 Å². The Balaban J connectivity index is 1.76. The minimum absolute atomic E-state index is 0.0224. The van der Waals surface area contributed by atoms with Crippen molar-refractivity contribution in [1.82, 2.24) is 5.32 Å². The number of hydrogen-bond donors (Lipinski definition) is 1. The molecule has 2 aliphatic rings. The van der Waals surface area contributed by atoms with Gasteiger partial charge < -0.3 is 5.32 Å². The Morgan fingerprint density at radius 3 is 2.83 bits per heavy atom. The van der Waals surface area contributed by atoms with E-state index in [2.05, 4.69) is 5.32 Å². The molecule has 5 heteroatoms. The smallest absolute Gasteiger partial charge is 0.151 e. The van der Waals surface area contributed by atoms with Crippen LogP contribution in [0.5, 0.6) is 0 Å². The molecular weight excluding hydrogens is 253 g/mol. The molecule has 0 spiro atoms. The molecule has 2 atom stereocenters.